The molecule has 0 bridgehead atoms. The number of carbonyl (C=O) groups is 2. The summed E-state index contributed by atoms with van der Waals surface area (Å²) in [6, 6.07) is 0. The minimum absolute atomic E-state index is 0.0655. The molecule has 100 valence electrons. The second-order valence-corrected chi connectivity index (χ2v) is 4.73. The first-order chi connectivity index (χ1) is 8.97. The molecular weight excluding hydrogens is 272 g/mol. The van der Waals surface area contributed by atoms with Crippen molar-refractivity contribution >= 4 is 23.2 Å². The van der Waals surface area contributed by atoms with Crippen LogP contribution in [-0.2, 0) is 6.54 Å². The lowest BCUT2D eigenvalue weighted by atomic mass is 10.4. The molecule has 0 saturated heterocycles. The Morgan fingerprint density at radius 1 is 1.37 bits per heavy atom. The summed E-state index contributed by atoms with van der Waals surface area (Å²) in [6.45, 7) is 3.30. The predicted molar refractivity (Wildman–Crippen MR) is 64.0 cm³/mol. The zero-order chi connectivity index (χ0) is 14.0. The number of thiazole rings is 1. The Balaban J connectivity index is 2.01. The SMILES string of the molecule is Cc1nc(C(=O)NCc2nc(C)c(C(=O)O)s2)no1. The zero-order valence-electron chi connectivity index (χ0n) is 10.1. The number of hydrogen-bond acceptors (Lipinski definition) is 7. The van der Waals surface area contributed by atoms with Crippen LogP contribution >= 0.6 is 11.3 Å². The van der Waals surface area contributed by atoms with Gasteiger partial charge in [0, 0.05) is 6.92 Å². The summed E-state index contributed by atoms with van der Waals surface area (Å²) in [4.78, 5) is 30.5. The zero-order valence-corrected chi connectivity index (χ0v) is 10.9. The lowest BCUT2D eigenvalue weighted by Crippen LogP contribution is -2.23. The van der Waals surface area contributed by atoms with Crippen LogP contribution in [0.15, 0.2) is 4.52 Å². The summed E-state index contributed by atoms with van der Waals surface area (Å²) < 4.78 is 4.68. The van der Waals surface area contributed by atoms with Crippen LogP contribution in [0.25, 0.3) is 0 Å². The Morgan fingerprint density at radius 3 is 2.63 bits per heavy atom. The molecule has 0 saturated carbocycles. The molecule has 0 aromatic carbocycles. The number of nitrogens with zero attached hydrogens (tertiary/aromatic N) is 3. The van der Waals surface area contributed by atoms with E-state index in [1.165, 1.54) is 0 Å². The second-order valence-electron chi connectivity index (χ2n) is 3.65. The Morgan fingerprint density at radius 2 is 2.11 bits per heavy atom. The number of nitrogens with one attached hydrogen (secondary N) is 1. The molecule has 2 N–H and O–H groups in total. The molecule has 1 amide bonds. The minimum Gasteiger partial charge on any atom is -0.477 e. The third-order valence-electron chi connectivity index (χ3n) is 2.17. The fourth-order valence-electron chi connectivity index (χ4n) is 1.35. The lowest BCUT2D eigenvalue weighted by Gasteiger charge is -1.97. The van der Waals surface area contributed by atoms with Gasteiger partial charge in [0.25, 0.3) is 11.7 Å². The van der Waals surface area contributed by atoms with Crippen LogP contribution in [-0.4, -0.2) is 32.1 Å². The Labute approximate surface area is 111 Å². The summed E-state index contributed by atoms with van der Waals surface area (Å²) >= 11 is 1.02. The summed E-state index contributed by atoms with van der Waals surface area (Å²) in [5.41, 5.74) is 0.428. The van der Waals surface area contributed by atoms with Crippen molar-refractivity contribution in [2.45, 2.75) is 20.4 Å². The van der Waals surface area contributed by atoms with Crippen LogP contribution < -0.4 is 5.32 Å². The maximum Gasteiger partial charge on any atom is 0.347 e. The van der Waals surface area contributed by atoms with Crippen molar-refractivity contribution in [2.75, 3.05) is 0 Å². The molecule has 2 heterocycles. The number of amides is 1. The van der Waals surface area contributed by atoms with Crippen LogP contribution in [0.1, 0.15) is 36.9 Å². The average molecular weight is 282 g/mol. The minimum atomic E-state index is -1.03. The standard InChI is InChI=1S/C10H10N4O4S/c1-4-7(10(16)17)19-6(12-4)3-11-9(15)8-13-5(2)18-14-8/h3H2,1-2H3,(H,11,15)(H,16,17). The number of aryl methyl sites for hydroxylation is 2. The maximum absolute atomic E-state index is 11.6. The second kappa shape index (κ2) is 5.14. The molecule has 0 aliphatic heterocycles. The van der Waals surface area contributed by atoms with Crippen LogP contribution in [0.3, 0.4) is 0 Å². The van der Waals surface area contributed by atoms with Gasteiger partial charge in [-0.1, -0.05) is 5.16 Å². The molecule has 8 nitrogen and oxygen atoms in total. The van der Waals surface area contributed by atoms with E-state index in [4.69, 9.17) is 5.11 Å². The van der Waals surface area contributed by atoms with E-state index in [0.717, 1.165) is 11.3 Å². The molecule has 0 radical (unpaired) electrons. The molecule has 0 aliphatic rings. The molecule has 0 atom stereocenters. The molecule has 2 aromatic rings. The number of carboxylic acids is 1. The first kappa shape index (κ1) is 13.1. The van der Waals surface area contributed by atoms with Gasteiger partial charge >= 0.3 is 5.97 Å². The number of aromatic nitrogens is 3. The first-order valence-electron chi connectivity index (χ1n) is 5.25. The van der Waals surface area contributed by atoms with Crippen molar-refractivity contribution in [1.29, 1.82) is 0 Å². The molecule has 0 spiro atoms. The van der Waals surface area contributed by atoms with Crippen molar-refractivity contribution in [1.82, 2.24) is 20.4 Å². The molecule has 2 aromatic heterocycles. The summed E-state index contributed by atoms with van der Waals surface area (Å²) in [6.07, 6.45) is 0. The number of hydrogen-bond donors (Lipinski definition) is 2. The summed E-state index contributed by atoms with van der Waals surface area (Å²) in [5, 5.41) is 15.4. The van der Waals surface area contributed by atoms with Crippen LogP contribution in [0.5, 0.6) is 0 Å². The van der Waals surface area contributed by atoms with E-state index < -0.39 is 11.9 Å². The van der Waals surface area contributed by atoms with Crippen LogP contribution in [0, 0.1) is 13.8 Å². The lowest BCUT2D eigenvalue weighted by molar-refractivity contribution is 0.0701. The van der Waals surface area contributed by atoms with Crippen molar-refractivity contribution < 1.29 is 19.2 Å². The molecular formula is C10H10N4O4S. The normalized spacial score (nSPS) is 10.4. The fraction of sp³-hybridized carbons (Fsp3) is 0.300. The highest BCUT2D eigenvalue weighted by atomic mass is 32.1. The predicted octanol–water partition coefficient (Wildman–Crippen LogP) is 0.771. The average Bonchev–Trinajstić information content (AvgIpc) is 2.92. The van der Waals surface area contributed by atoms with Gasteiger partial charge < -0.3 is 14.9 Å². The van der Waals surface area contributed by atoms with Gasteiger partial charge in [0.15, 0.2) is 0 Å². The highest BCUT2D eigenvalue weighted by molar-refractivity contribution is 7.13. The highest BCUT2D eigenvalue weighted by Gasteiger charge is 2.16. The number of aromatic carboxylic acids is 1. The van der Waals surface area contributed by atoms with Gasteiger partial charge in [-0.15, -0.1) is 11.3 Å². The van der Waals surface area contributed by atoms with E-state index in [1.807, 2.05) is 0 Å². The van der Waals surface area contributed by atoms with Gasteiger partial charge in [-0.05, 0) is 6.92 Å². The Hall–Kier alpha value is -2.29. The third kappa shape index (κ3) is 2.94. The van der Waals surface area contributed by atoms with E-state index in [1.54, 1.807) is 13.8 Å². The summed E-state index contributed by atoms with van der Waals surface area (Å²) in [5.74, 6) is -1.30. The van der Waals surface area contributed by atoms with E-state index in [2.05, 4.69) is 25.0 Å². The van der Waals surface area contributed by atoms with Crippen molar-refractivity contribution in [3.8, 4) is 0 Å². The third-order valence-corrected chi connectivity index (χ3v) is 3.31. The molecule has 0 aliphatic carbocycles. The Bertz CT molecular complexity index is 633. The molecule has 0 unspecified atom stereocenters. The number of rotatable bonds is 4. The van der Waals surface area contributed by atoms with E-state index in [9.17, 15) is 9.59 Å². The number of carbonyl (C=O) groups excluding carboxylic acids is 1. The van der Waals surface area contributed by atoms with Gasteiger partial charge in [-0.3, -0.25) is 4.79 Å². The maximum atomic E-state index is 11.6. The monoisotopic (exact) mass is 282 g/mol. The highest BCUT2D eigenvalue weighted by Crippen LogP contribution is 2.17. The van der Waals surface area contributed by atoms with E-state index in [0.29, 0.717) is 16.6 Å². The van der Waals surface area contributed by atoms with Crippen molar-refractivity contribution in [3.05, 3.63) is 27.3 Å². The topological polar surface area (TPSA) is 118 Å². The van der Waals surface area contributed by atoms with Gasteiger partial charge in [0.1, 0.15) is 9.88 Å². The van der Waals surface area contributed by atoms with Crippen LogP contribution in [0.4, 0.5) is 0 Å². The van der Waals surface area contributed by atoms with Gasteiger partial charge in [-0.2, -0.15) is 4.98 Å². The quantitative estimate of drug-likeness (QED) is 0.850. The molecule has 2 rings (SSSR count). The smallest absolute Gasteiger partial charge is 0.347 e. The van der Waals surface area contributed by atoms with Gasteiger partial charge in [0.2, 0.25) is 5.89 Å². The van der Waals surface area contributed by atoms with Crippen molar-refractivity contribution in [2.24, 2.45) is 0 Å². The molecule has 19 heavy (non-hydrogen) atoms. The summed E-state index contributed by atoms with van der Waals surface area (Å²) in [7, 11) is 0. The molecule has 0 fully saturated rings. The van der Waals surface area contributed by atoms with Gasteiger partial charge in [-0.25, -0.2) is 9.78 Å². The Kier molecular flexibility index (Phi) is 3.56. The molecule has 9 heteroatoms. The van der Waals surface area contributed by atoms with E-state index in [-0.39, 0.29) is 17.2 Å². The van der Waals surface area contributed by atoms with Gasteiger partial charge in [0.05, 0.1) is 12.2 Å². The van der Waals surface area contributed by atoms with Crippen molar-refractivity contribution in [3.63, 3.8) is 0 Å². The number of carboxylic acid groups (broad SMARTS) is 1. The van der Waals surface area contributed by atoms with E-state index >= 15 is 0 Å². The first-order valence-corrected chi connectivity index (χ1v) is 6.07. The largest absolute Gasteiger partial charge is 0.477 e. The van der Waals surface area contributed by atoms with Crippen LogP contribution in [0.2, 0.25) is 0 Å². The fourth-order valence-corrected chi connectivity index (χ4v) is 2.20.